The second kappa shape index (κ2) is 7.94. The van der Waals surface area contributed by atoms with Gasteiger partial charge in [-0.2, -0.15) is 0 Å². The highest BCUT2D eigenvalue weighted by atomic mass is 16.2. The molecule has 0 unspecified atom stereocenters. The van der Waals surface area contributed by atoms with Crippen molar-refractivity contribution < 1.29 is 9.59 Å². The number of anilines is 1. The predicted octanol–water partition coefficient (Wildman–Crippen LogP) is 1.62. The summed E-state index contributed by atoms with van der Waals surface area (Å²) in [4.78, 5) is 33.7. The molecule has 0 saturated carbocycles. The van der Waals surface area contributed by atoms with E-state index in [4.69, 9.17) is 0 Å². The summed E-state index contributed by atoms with van der Waals surface area (Å²) in [5, 5.41) is 0. The van der Waals surface area contributed by atoms with Crippen molar-refractivity contribution in [2.45, 2.75) is 26.7 Å². The van der Waals surface area contributed by atoms with Crippen LogP contribution >= 0.6 is 0 Å². The molecule has 126 valence electrons. The Morgan fingerprint density at radius 1 is 1.22 bits per heavy atom. The van der Waals surface area contributed by atoms with Gasteiger partial charge in [-0.15, -0.1) is 0 Å². The second-order valence-corrected chi connectivity index (χ2v) is 5.98. The van der Waals surface area contributed by atoms with E-state index in [1.54, 1.807) is 24.1 Å². The van der Waals surface area contributed by atoms with Crippen molar-refractivity contribution in [3.63, 3.8) is 0 Å². The van der Waals surface area contributed by atoms with Crippen LogP contribution in [0.2, 0.25) is 0 Å². The number of carbonyl (C=O) groups is 2. The lowest BCUT2D eigenvalue weighted by Gasteiger charge is -2.35. The molecule has 23 heavy (non-hydrogen) atoms. The van der Waals surface area contributed by atoms with Crippen LogP contribution in [0.4, 0.5) is 5.69 Å². The molecule has 0 bridgehead atoms. The van der Waals surface area contributed by atoms with Gasteiger partial charge in [-0.1, -0.05) is 13.3 Å². The summed E-state index contributed by atoms with van der Waals surface area (Å²) in [6, 6.07) is 3.73. The molecule has 2 amide bonds. The first-order chi connectivity index (χ1) is 11.0. The lowest BCUT2D eigenvalue weighted by atomic mass is 10.2. The van der Waals surface area contributed by atoms with Crippen LogP contribution in [0, 0.1) is 0 Å². The molecule has 0 aliphatic carbocycles. The van der Waals surface area contributed by atoms with E-state index >= 15 is 0 Å². The van der Waals surface area contributed by atoms with Crippen LogP contribution in [0.3, 0.4) is 0 Å². The van der Waals surface area contributed by atoms with E-state index in [-0.39, 0.29) is 11.8 Å². The number of rotatable bonds is 5. The number of aromatic nitrogens is 1. The molecule has 1 fully saturated rings. The van der Waals surface area contributed by atoms with Crippen LogP contribution < -0.4 is 4.90 Å². The van der Waals surface area contributed by atoms with Crippen LogP contribution in [0.25, 0.3) is 0 Å². The Hall–Kier alpha value is -2.11. The van der Waals surface area contributed by atoms with E-state index in [9.17, 15) is 9.59 Å². The Kier molecular flexibility index (Phi) is 5.96. The Morgan fingerprint density at radius 2 is 1.91 bits per heavy atom. The largest absolute Gasteiger partial charge is 0.367 e. The van der Waals surface area contributed by atoms with Crippen molar-refractivity contribution in [1.29, 1.82) is 0 Å². The van der Waals surface area contributed by atoms with Gasteiger partial charge in [0.1, 0.15) is 5.69 Å². The number of hydrogen-bond donors (Lipinski definition) is 0. The Balaban J connectivity index is 1.94. The lowest BCUT2D eigenvalue weighted by Crippen LogP contribution is -2.48. The molecule has 2 rings (SSSR count). The highest BCUT2D eigenvalue weighted by Crippen LogP contribution is 2.16. The van der Waals surface area contributed by atoms with Crippen molar-refractivity contribution in [1.82, 2.24) is 14.8 Å². The topological polar surface area (TPSA) is 56.8 Å². The fourth-order valence-corrected chi connectivity index (χ4v) is 2.67. The summed E-state index contributed by atoms with van der Waals surface area (Å²) in [6.45, 7) is 7.52. The summed E-state index contributed by atoms with van der Waals surface area (Å²) < 4.78 is 0. The van der Waals surface area contributed by atoms with E-state index in [1.807, 2.05) is 18.0 Å². The van der Waals surface area contributed by atoms with Gasteiger partial charge in [0.25, 0.3) is 5.91 Å². The minimum absolute atomic E-state index is 0.0357. The third kappa shape index (κ3) is 4.43. The zero-order valence-corrected chi connectivity index (χ0v) is 14.3. The molecule has 1 aliphatic heterocycles. The fraction of sp³-hybridized carbons (Fsp3) is 0.588. The third-order valence-corrected chi connectivity index (χ3v) is 4.25. The number of pyridine rings is 1. The first kappa shape index (κ1) is 17.2. The number of hydrogen-bond acceptors (Lipinski definition) is 4. The summed E-state index contributed by atoms with van der Waals surface area (Å²) in [5.41, 5.74) is 1.48. The number of amides is 2. The molecule has 2 heterocycles. The molecule has 0 aromatic carbocycles. The van der Waals surface area contributed by atoms with Gasteiger partial charge in [-0.3, -0.25) is 9.59 Å². The number of nitrogens with zero attached hydrogens (tertiary/aromatic N) is 4. The van der Waals surface area contributed by atoms with E-state index < -0.39 is 0 Å². The highest BCUT2D eigenvalue weighted by Gasteiger charge is 2.19. The van der Waals surface area contributed by atoms with Crippen molar-refractivity contribution in [2.24, 2.45) is 0 Å². The minimum Gasteiger partial charge on any atom is -0.367 e. The lowest BCUT2D eigenvalue weighted by molar-refractivity contribution is -0.129. The van der Waals surface area contributed by atoms with E-state index in [2.05, 4.69) is 16.8 Å². The van der Waals surface area contributed by atoms with Crippen molar-refractivity contribution in [3.05, 3.63) is 24.0 Å². The molecular formula is C17H26N4O2. The molecule has 1 aliphatic rings. The SMILES string of the molecule is CCCCN(C)C(=O)c1ccc(N2CCN(C(C)=O)CC2)cn1. The van der Waals surface area contributed by atoms with Gasteiger partial charge in [0.15, 0.2) is 0 Å². The first-order valence-electron chi connectivity index (χ1n) is 8.25. The molecule has 1 saturated heterocycles. The quantitative estimate of drug-likeness (QED) is 0.828. The first-order valence-corrected chi connectivity index (χ1v) is 8.25. The molecule has 0 radical (unpaired) electrons. The number of piperazine rings is 1. The van der Waals surface area contributed by atoms with Crippen LogP contribution in [0.15, 0.2) is 18.3 Å². The second-order valence-electron chi connectivity index (χ2n) is 5.98. The normalized spacial score (nSPS) is 14.7. The smallest absolute Gasteiger partial charge is 0.272 e. The Bertz CT molecular complexity index is 536. The number of unbranched alkanes of at least 4 members (excludes halogenated alkanes) is 1. The summed E-state index contributed by atoms with van der Waals surface area (Å²) in [6.07, 6.45) is 3.82. The average Bonchev–Trinajstić information content (AvgIpc) is 2.59. The van der Waals surface area contributed by atoms with E-state index in [0.29, 0.717) is 5.69 Å². The van der Waals surface area contributed by atoms with Crippen LogP contribution in [-0.2, 0) is 4.79 Å². The molecule has 6 heteroatoms. The zero-order valence-electron chi connectivity index (χ0n) is 14.3. The van der Waals surface area contributed by atoms with Crippen molar-refractivity contribution >= 4 is 17.5 Å². The maximum absolute atomic E-state index is 12.3. The zero-order chi connectivity index (χ0) is 16.8. The van der Waals surface area contributed by atoms with Gasteiger partial charge in [0, 0.05) is 46.7 Å². The maximum Gasteiger partial charge on any atom is 0.272 e. The standard InChI is InChI=1S/C17H26N4O2/c1-4-5-8-19(3)17(23)16-7-6-15(13-18-16)21-11-9-20(10-12-21)14(2)22/h6-7,13H,4-5,8-12H2,1-3H3. The molecule has 0 spiro atoms. The van der Waals surface area contributed by atoms with Crippen LogP contribution in [0.1, 0.15) is 37.2 Å². The molecule has 1 aromatic rings. The van der Waals surface area contributed by atoms with Crippen molar-refractivity contribution in [2.75, 3.05) is 44.7 Å². The summed E-state index contributed by atoms with van der Waals surface area (Å²) in [7, 11) is 1.81. The van der Waals surface area contributed by atoms with Crippen LogP contribution in [-0.4, -0.2) is 66.4 Å². The van der Waals surface area contributed by atoms with Gasteiger partial charge in [-0.05, 0) is 18.6 Å². The molecule has 0 atom stereocenters. The van der Waals surface area contributed by atoms with Crippen LogP contribution in [0.5, 0.6) is 0 Å². The summed E-state index contributed by atoms with van der Waals surface area (Å²) in [5.74, 6) is 0.0882. The van der Waals surface area contributed by atoms with Gasteiger partial charge in [-0.25, -0.2) is 4.98 Å². The predicted molar refractivity (Wildman–Crippen MR) is 90.6 cm³/mol. The van der Waals surface area contributed by atoms with Gasteiger partial charge < -0.3 is 14.7 Å². The monoisotopic (exact) mass is 318 g/mol. The third-order valence-electron chi connectivity index (χ3n) is 4.25. The Labute approximate surface area is 138 Å². The average molecular weight is 318 g/mol. The molecule has 6 nitrogen and oxygen atoms in total. The summed E-state index contributed by atoms with van der Waals surface area (Å²) >= 11 is 0. The van der Waals surface area contributed by atoms with E-state index in [0.717, 1.165) is 51.3 Å². The van der Waals surface area contributed by atoms with Crippen molar-refractivity contribution in [3.8, 4) is 0 Å². The van der Waals surface area contributed by atoms with Gasteiger partial charge >= 0.3 is 0 Å². The van der Waals surface area contributed by atoms with Gasteiger partial charge in [0.2, 0.25) is 5.91 Å². The fourth-order valence-electron chi connectivity index (χ4n) is 2.67. The molecular weight excluding hydrogens is 292 g/mol. The maximum atomic E-state index is 12.3. The number of carbonyl (C=O) groups excluding carboxylic acids is 2. The minimum atomic E-state index is -0.0357. The molecule has 1 aromatic heterocycles. The highest BCUT2D eigenvalue weighted by molar-refractivity contribution is 5.92. The Morgan fingerprint density at radius 3 is 2.43 bits per heavy atom. The van der Waals surface area contributed by atoms with E-state index in [1.165, 1.54) is 0 Å². The molecule has 0 N–H and O–H groups in total. The van der Waals surface area contributed by atoms with Gasteiger partial charge in [0.05, 0.1) is 11.9 Å².